The number of rotatable bonds is 5. The van der Waals surface area contributed by atoms with Gasteiger partial charge in [0.05, 0.1) is 5.69 Å². The van der Waals surface area contributed by atoms with E-state index in [1.165, 1.54) is 0 Å². The smallest absolute Gasteiger partial charge is 0.294 e. The van der Waals surface area contributed by atoms with Gasteiger partial charge < -0.3 is 19.8 Å². The van der Waals surface area contributed by atoms with Crippen molar-refractivity contribution in [3.63, 3.8) is 0 Å². The van der Waals surface area contributed by atoms with Gasteiger partial charge in [-0.05, 0) is 41.5 Å². The van der Waals surface area contributed by atoms with E-state index in [1.54, 1.807) is 29.2 Å². The van der Waals surface area contributed by atoms with Gasteiger partial charge in [0.25, 0.3) is 5.91 Å². The second-order valence-electron chi connectivity index (χ2n) is 7.67. The maximum absolute atomic E-state index is 13.3. The van der Waals surface area contributed by atoms with Gasteiger partial charge >= 0.3 is 0 Å². The van der Waals surface area contributed by atoms with E-state index in [1.807, 2.05) is 48.5 Å². The topological polar surface area (TPSA) is 68.7 Å². The molecule has 0 saturated carbocycles. The number of amides is 1. The normalized spacial score (nSPS) is 15.3. The Morgan fingerprint density at radius 1 is 1.10 bits per heavy atom. The van der Waals surface area contributed by atoms with Crippen LogP contribution in [0.3, 0.4) is 0 Å². The third-order valence-corrected chi connectivity index (χ3v) is 5.94. The maximum atomic E-state index is 13.3. The average Bonchev–Trinajstić information content (AvgIpc) is 3.38. The van der Waals surface area contributed by atoms with Crippen molar-refractivity contribution in [2.24, 2.45) is 0 Å². The highest BCUT2D eigenvalue weighted by atomic mass is 35.5. The summed E-state index contributed by atoms with van der Waals surface area (Å²) in [5, 5.41) is 0.802. The van der Waals surface area contributed by atoms with E-state index >= 15 is 0 Å². The van der Waals surface area contributed by atoms with E-state index in [4.69, 9.17) is 26.5 Å². The number of nitrogens with two attached hydrogens (primary N) is 1. The molecule has 5 rings (SSSR count). The molecule has 1 aliphatic rings. The lowest BCUT2D eigenvalue weighted by molar-refractivity contribution is 0.0964. The zero-order chi connectivity index (χ0) is 21.4. The SMILES string of the molecule is Nc1ccc2oc(C(=O)N3CC(CCl)c4ccc(OCc5ccccc5)cc43)cc2c1. The highest BCUT2D eigenvalue weighted by Crippen LogP contribution is 2.40. The van der Waals surface area contributed by atoms with Gasteiger partial charge in [0, 0.05) is 35.5 Å². The number of nitrogens with zero attached hydrogens (tertiary/aromatic N) is 1. The number of alkyl halides is 1. The minimum absolute atomic E-state index is 0.0591. The maximum Gasteiger partial charge on any atom is 0.294 e. The van der Waals surface area contributed by atoms with Crippen LogP contribution >= 0.6 is 11.6 Å². The van der Waals surface area contributed by atoms with Crippen molar-refractivity contribution in [2.45, 2.75) is 12.5 Å². The zero-order valence-corrected chi connectivity index (χ0v) is 17.5. The van der Waals surface area contributed by atoms with Crippen molar-refractivity contribution in [3.05, 3.63) is 89.7 Å². The lowest BCUT2D eigenvalue weighted by Gasteiger charge is -2.17. The van der Waals surface area contributed by atoms with Crippen LogP contribution in [0.15, 0.2) is 77.2 Å². The Morgan fingerprint density at radius 2 is 1.94 bits per heavy atom. The number of benzene rings is 3. The molecule has 1 unspecified atom stereocenters. The Morgan fingerprint density at radius 3 is 2.74 bits per heavy atom. The Balaban J connectivity index is 1.44. The van der Waals surface area contributed by atoms with E-state index in [0.29, 0.717) is 36.1 Å². The molecular formula is C25H21ClN2O3. The summed E-state index contributed by atoms with van der Waals surface area (Å²) in [7, 11) is 0. The van der Waals surface area contributed by atoms with Gasteiger partial charge in [-0.1, -0.05) is 36.4 Å². The lowest BCUT2D eigenvalue weighted by atomic mass is 10.0. The molecule has 1 atom stereocenters. The molecule has 1 amide bonds. The molecule has 156 valence electrons. The minimum Gasteiger partial charge on any atom is -0.489 e. The monoisotopic (exact) mass is 432 g/mol. The lowest BCUT2D eigenvalue weighted by Crippen LogP contribution is -2.29. The first-order valence-corrected chi connectivity index (χ1v) is 10.6. The number of anilines is 2. The molecule has 0 fully saturated rings. The molecule has 1 aliphatic heterocycles. The standard InChI is InChI=1S/C25H21ClN2O3/c26-13-18-14-28(25(29)24-11-17-10-19(27)6-9-23(17)31-24)22-12-20(7-8-21(18)22)30-15-16-4-2-1-3-5-16/h1-12,18H,13-15,27H2. The number of carbonyl (C=O) groups is 1. The van der Waals surface area contributed by atoms with Gasteiger partial charge in [0.1, 0.15) is 17.9 Å². The summed E-state index contributed by atoms with van der Waals surface area (Å²) in [5.41, 5.74) is 10.0. The van der Waals surface area contributed by atoms with Crippen LogP contribution < -0.4 is 15.4 Å². The molecule has 4 aromatic rings. The van der Waals surface area contributed by atoms with Crippen LogP contribution in [0.2, 0.25) is 0 Å². The summed E-state index contributed by atoms with van der Waals surface area (Å²) in [6.45, 7) is 0.955. The molecule has 0 spiro atoms. The number of hydrogen-bond donors (Lipinski definition) is 1. The average molecular weight is 433 g/mol. The van der Waals surface area contributed by atoms with E-state index in [2.05, 4.69) is 0 Å². The van der Waals surface area contributed by atoms with E-state index < -0.39 is 0 Å². The predicted molar refractivity (Wildman–Crippen MR) is 123 cm³/mol. The second kappa shape index (κ2) is 8.00. The van der Waals surface area contributed by atoms with Gasteiger partial charge in [0.2, 0.25) is 0 Å². The quantitative estimate of drug-likeness (QED) is 0.330. The number of carbonyl (C=O) groups excluding carboxylic acids is 1. The van der Waals surface area contributed by atoms with E-state index in [0.717, 1.165) is 22.2 Å². The third kappa shape index (κ3) is 3.73. The summed E-state index contributed by atoms with van der Waals surface area (Å²) >= 11 is 6.21. The number of hydrogen-bond acceptors (Lipinski definition) is 4. The van der Waals surface area contributed by atoms with Gasteiger partial charge in [-0.25, -0.2) is 0 Å². The molecule has 0 radical (unpaired) electrons. The fourth-order valence-corrected chi connectivity index (χ4v) is 4.24. The van der Waals surface area contributed by atoms with E-state index in [-0.39, 0.29) is 17.6 Å². The van der Waals surface area contributed by atoms with Crippen LogP contribution in [-0.4, -0.2) is 18.3 Å². The summed E-state index contributed by atoms with van der Waals surface area (Å²) in [4.78, 5) is 15.1. The van der Waals surface area contributed by atoms with Crippen LogP contribution in [0.25, 0.3) is 11.0 Å². The highest BCUT2D eigenvalue weighted by molar-refractivity contribution is 6.19. The van der Waals surface area contributed by atoms with Crippen molar-refractivity contribution in [2.75, 3.05) is 23.1 Å². The molecule has 0 bridgehead atoms. The molecule has 3 aromatic carbocycles. The first kappa shape index (κ1) is 19.5. The Kier molecular flexibility index (Phi) is 5.04. The molecule has 2 N–H and O–H groups in total. The summed E-state index contributed by atoms with van der Waals surface area (Å²) < 4.78 is 11.8. The van der Waals surface area contributed by atoms with Crippen molar-refractivity contribution in [3.8, 4) is 5.75 Å². The molecular weight excluding hydrogens is 412 g/mol. The fraction of sp³-hybridized carbons (Fsp3) is 0.160. The van der Waals surface area contributed by atoms with Crippen LogP contribution in [-0.2, 0) is 6.61 Å². The number of furan rings is 1. The van der Waals surface area contributed by atoms with Gasteiger partial charge in [0.15, 0.2) is 5.76 Å². The zero-order valence-electron chi connectivity index (χ0n) is 16.8. The van der Waals surface area contributed by atoms with Crippen molar-refractivity contribution in [1.29, 1.82) is 0 Å². The first-order valence-electron chi connectivity index (χ1n) is 10.1. The van der Waals surface area contributed by atoms with E-state index in [9.17, 15) is 4.79 Å². The second-order valence-corrected chi connectivity index (χ2v) is 7.98. The largest absolute Gasteiger partial charge is 0.489 e. The molecule has 5 nitrogen and oxygen atoms in total. The minimum atomic E-state index is -0.205. The van der Waals surface area contributed by atoms with Gasteiger partial charge in [-0.3, -0.25) is 4.79 Å². The number of ether oxygens (including phenoxy) is 1. The van der Waals surface area contributed by atoms with Crippen molar-refractivity contribution in [1.82, 2.24) is 0 Å². The molecule has 0 saturated heterocycles. The number of halogens is 1. The third-order valence-electron chi connectivity index (χ3n) is 5.57. The molecule has 0 aliphatic carbocycles. The van der Waals surface area contributed by atoms with Crippen LogP contribution in [0.5, 0.6) is 5.75 Å². The van der Waals surface area contributed by atoms with Crippen molar-refractivity contribution < 1.29 is 13.9 Å². The fourth-order valence-electron chi connectivity index (χ4n) is 3.97. The molecule has 6 heteroatoms. The van der Waals surface area contributed by atoms with Crippen molar-refractivity contribution >= 4 is 39.9 Å². The number of nitrogen functional groups attached to an aromatic ring is 1. The summed E-state index contributed by atoms with van der Waals surface area (Å²) in [6, 6.07) is 22.9. The van der Waals surface area contributed by atoms with Gasteiger partial charge in [-0.15, -0.1) is 11.6 Å². The summed E-state index contributed by atoms with van der Waals surface area (Å²) in [5.74, 6) is 1.26. The van der Waals surface area contributed by atoms with Crippen LogP contribution in [0.1, 0.15) is 27.6 Å². The molecule has 2 heterocycles. The Labute approximate surface area is 185 Å². The Hall–Kier alpha value is -3.44. The molecule has 1 aromatic heterocycles. The summed E-state index contributed by atoms with van der Waals surface area (Å²) in [6.07, 6.45) is 0. The van der Waals surface area contributed by atoms with Crippen LogP contribution in [0.4, 0.5) is 11.4 Å². The number of fused-ring (bicyclic) bond motifs is 2. The van der Waals surface area contributed by atoms with Crippen LogP contribution in [0, 0.1) is 0 Å². The predicted octanol–water partition coefficient (Wildman–Crippen LogP) is 5.58. The Bertz CT molecular complexity index is 1250. The molecule has 31 heavy (non-hydrogen) atoms. The first-order chi connectivity index (χ1) is 15.1. The van der Waals surface area contributed by atoms with Gasteiger partial charge in [-0.2, -0.15) is 0 Å². The highest BCUT2D eigenvalue weighted by Gasteiger charge is 2.34.